The van der Waals surface area contributed by atoms with E-state index in [0.29, 0.717) is 0 Å². The van der Waals surface area contributed by atoms with Gasteiger partial charge < -0.3 is 10.6 Å². The van der Waals surface area contributed by atoms with Gasteiger partial charge in [0.15, 0.2) is 0 Å². The molecule has 1 aromatic rings. The largest absolute Gasteiger partial charge is 0.369 e. The SMILES string of the molecule is CC(C)CN1CCN(c2ccc(Br)cc2C(C)N)CC1. The van der Waals surface area contributed by atoms with Gasteiger partial charge in [-0.05, 0) is 36.6 Å². The number of benzene rings is 1. The Hall–Kier alpha value is -0.580. The van der Waals surface area contributed by atoms with Crippen LogP contribution in [-0.2, 0) is 0 Å². The predicted molar refractivity (Wildman–Crippen MR) is 90.2 cm³/mol. The zero-order chi connectivity index (χ0) is 14.7. The third kappa shape index (κ3) is 3.96. The van der Waals surface area contributed by atoms with Crippen molar-refractivity contribution in [2.45, 2.75) is 26.8 Å². The van der Waals surface area contributed by atoms with E-state index in [4.69, 9.17) is 5.73 Å². The van der Waals surface area contributed by atoms with Gasteiger partial charge in [-0.2, -0.15) is 0 Å². The Morgan fingerprint density at radius 3 is 2.35 bits per heavy atom. The Morgan fingerprint density at radius 2 is 1.80 bits per heavy atom. The monoisotopic (exact) mass is 339 g/mol. The quantitative estimate of drug-likeness (QED) is 0.913. The van der Waals surface area contributed by atoms with Crippen molar-refractivity contribution in [2.75, 3.05) is 37.6 Å². The number of rotatable bonds is 4. The van der Waals surface area contributed by atoms with Crippen LogP contribution in [0.1, 0.15) is 32.4 Å². The molecule has 1 aliphatic heterocycles. The van der Waals surface area contributed by atoms with Crippen LogP contribution in [-0.4, -0.2) is 37.6 Å². The molecule has 0 aliphatic carbocycles. The molecular weight excluding hydrogens is 314 g/mol. The van der Waals surface area contributed by atoms with Crippen molar-refractivity contribution in [3.63, 3.8) is 0 Å². The fraction of sp³-hybridized carbons (Fsp3) is 0.625. The second-order valence-electron chi connectivity index (χ2n) is 6.17. The number of nitrogens with two attached hydrogens (primary N) is 1. The maximum absolute atomic E-state index is 6.13. The van der Waals surface area contributed by atoms with Crippen molar-refractivity contribution in [1.29, 1.82) is 0 Å². The molecule has 112 valence electrons. The summed E-state index contributed by atoms with van der Waals surface area (Å²) in [6, 6.07) is 6.53. The van der Waals surface area contributed by atoms with Crippen LogP contribution >= 0.6 is 15.9 Å². The molecule has 20 heavy (non-hydrogen) atoms. The summed E-state index contributed by atoms with van der Waals surface area (Å²) in [5.74, 6) is 0.744. The van der Waals surface area contributed by atoms with Crippen molar-refractivity contribution < 1.29 is 0 Å². The van der Waals surface area contributed by atoms with Crippen LogP contribution in [0, 0.1) is 5.92 Å². The van der Waals surface area contributed by atoms with Crippen molar-refractivity contribution in [2.24, 2.45) is 11.7 Å². The summed E-state index contributed by atoms with van der Waals surface area (Å²) in [5.41, 5.74) is 8.66. The minimum absolute atomic E-state index is 0.0659. The lowest BCUT2D eigenvalue weighted by Gasteiger charge is -2.38. The Morgan fingerprint density at radius 1 is 1.15 bits per heavy atom. The highest BCUT2D eigenvalue weighted by atomic mass is 79.9. The Balaban J connectivity index is 2.07. The van der Waals surface area contributed by atoms with Crippen LogP contribution in [0.15, 0.2) is 22.7 Å². The van der Waals surface area contributed by atoms with E-state index >= 15 is 0 Å². The summed E-state index contributed by atoms with van der Waals surface area (Å²) >= 11 is 3.54. The summed E-state index contributed by atoms with van der Waals surface area (Å²) in [7, 11) is 0. The Labute approximate surface area is 131 Å². The lowest BCUT2D eigenvalue weighted by atomic mass is 10.1. The highest BCUT2D eigenvalue weighted by Crippen LogP contribution is 2.29. The molecule has 1 saturated heterocycles. The summed E-state index contributed by atoms with van der Waals surface area (Å²) in [5, 5.41) is 0. The molecule has 0 saturated carbocycles. The number of nitrogens with zero attached hydrogens (tertiary/aromatic N) is 2. The summed E-state index contributed by atoms with van der Waals surface area (Å²) in [4.78, 5) is 5.04. The smallest absolute Gasteiger partial charge is 0.0416 e. The lowest BCUT2D eigenvalue weighted by molar-refractivity contribution is 0.231. The first-order valence-corrected chi connectivity index (χ1v) is 8.29. The maximum atomic E-state index is 6.13. The third-order valence-corrected chi connectivity index (χ3v) is 4.31. The highest BCUT2D eigenvalue weighted by Gasteiger charge is 2.20. The zero-order valence-electron chi connectivity index (χ0n) is 12.8. The van der Waals surface area contributed by atoms with Gasteiger partial charge in [0.05, 0.1) is 0 Å². The molecule has 4 heteroatoms. The predicted octanol–water partition coefficient (Wildman–Crippen LogP) is 3.25. The molecule has 1 aromatic carbocycles. The maximum Gasteiger partial charge on any atom is 0.0416 e. The minimum atomic E-state index is 0.0659. The van der Waals surface area contributed by atoms with Crippen LogP contribution in [0.25, 0.3) is 0 Å². The second kappa shape index (κ2) is 6.92. The van der Waals surface area contributed by atoms with E-state index in [9.17, 15) is 0 Å². The van der Waals surface area contributed by atoms with Gasteiger partial charge in [-0.25, -0.2) is 0 Å². The average molecular weight is 340 g/mol. The van der Waals surface area contributed by atoms with Gasteiger partial charge in [-0.15, -0.1) is 0 Å². The van der Waals surface area contributed by atoms with Crippen LogP contribution < -0.4 is 10.6 Å². The van der Waals surface area contributed by atoms with Gasteiger partial charge in [-0.1, -0.05) is 29.8 Å². The number of hydrogen-bond acceptors (Lipinski definition) is 3. The normalized spacial score (nSPS) is 18.6. The van der Waals surface area contributed by atoms with Crippen molar-refractivity contribution in [3.05, 3.63) is 28.2 Å². The molecule has 0 amide bonds. The highest BCUT2D eigenvalue weighted by molar-refractivity contribution is 9.10. The molecule has 0 spiro atoms. The number of piperazine rings is 1. The Bertz CT molecular complexity index is 437. The third-order valence-electron chi connectivity index (χ3n) is 3.82. The van der Waals surface area contributed by atoms with Crippen molar-refractivity contribution >= 4 is 21.6 Å². The summed E-state index contributed by atoms with van der Waals surface area (Å²) in [6.07, 6.45) is 0. The minimum Gasteiger partial charge on any atom is -0.369 e. The van der Waals surface area contributed by atoms with Gasteiger partial charge in [0.1, 0.15) is 0 Å². The molecule has 3 nitrogen and oxygen atoms in total. The van der Waals surface area contributed by atoms with E-state index in [0.717, 1.165) is 36.6 Å². The van der Waals surface area contributed by atoms with Crippen LogP contribution in [0.5, 0.6) is 0 Å². The molecule has 1 heterocycles. The molecule has 1 aliphatic rings. The number of anilines is 1. The van der Waals surface area contributed by atoms with E-state index in [1.165, 1.54) is 17.8 Å². The van der Waals surface area contributed by atoms with Gasteiger partial charge in [0.25, 0.3) is 0 Å². The molecule has 0 bridgehead atoms. The fourth-order valence-corrected chi connectivity index (χ4v) is 3.24. The number of hydrogen-bond donors (Lipinski definition) is 1. The van der Waals surface area contributed by atoms with E-state index in [1.807, 2.05) is 0 Å². The zero-order valence-corrected chi connectivity index (χ0v) is 14.4. The Kier molecular flexibility index (Phi) is 5.47. The molecule has 2 N–H and O–H groups in total. The van der Waals surface area contributed by atoms with Gasteiger partial charge in [-0.3, -0.25) is 4.90 Å². The molecule has 1 unspecified atom stereocenters. The first-order chi connectivity index (χ1) is 9.47. The van der Waals surface area contributed by atoms with Crippen molar-refractivity contribution in [3.8, 4) is 0 Å². The second-order valence-corrected chi connectivity index (χ2v) is 7.09. The van der Waals surface area contributed by atoms with Crippen molar-refractivity contribution in [1.82, 2.24) is 4.90 Å². The van der Waals surface area contributed by atoms with E-state index in [1.54, 1.807) is 0 Å². The first-order valence-electron chi connectivity index (χ1n) is 7.49. The van der Waals surface area contributed by atoms with E-state index < -0.39 is 0 Å². The first kappa shape index (κ1) is 15.8. The van der Waals surface area contributed by atoms with Crippen LogP contribution in [0.4, 0.5) is 5.69 Å². The van der Waals surface area contributed by atoms with E-state index in [-0.39, 0.29) is 6.04 Å². The standard InChI is InChI=1S/C16H26BrN3/c1-12(2)11-19-6-8-20(9-7-19)16-5-4-14(17)10-15(16)13(3)18/h4-5,10,12-13H,6-9,11,18H2,1-3H3. The molecule has 0 radical (unpaired) electrons. The van der Waals surface area contributed by atoms with Gasteiger partial charge in [0, 0.05) is 48.9 Å². The molecule has 1 atom stereocenters. The average Bonchev–Trinajstić information content (AvgIpc) is 2.39. The summed E-state index contributed by atoms with van der Waals surface area (Å²) in [6.45, 7) is 12.3. The van der Waals surface area contributed by atoms with Gasteiger partial charge in [0.2, 0.25) is 0 Å². The van der Waals surface area contributed by atoms with E-state index in [2.05, 4.69) is 64.7 Å². The molecular formula is C16H26BrN3. The van der Waals surface area contributed by atoms with Crippen LogP contribution in [0.2, 0.25) is 0 Å². The fourth-order valence-electron chi connectivity index (χ4n) is 2.87. The molecule has 2 rings (SSSR count). The molecule has 0 aromatic heterocycles. The van der Waals surface area contributed by atoms with Crippen LogP contribution in [0.3, 0.4) is 0 Å². The lowest BCUT2D eigenvalue weighted by Crippen LogP contribution is -2.47. The topological polar surface area (TPSA) is 32.5 Å². The molecule has 1 fully saturated rings. The number of halogens is 1. The van der Waals surface area contributed by atoms with Gasteiger partial charge >= 0.3 is 0 Å². The summed E-state index contributed by atoms with van der Waals surface area (Å²) < 4.78 is 1.10.